The Hall–Kier alpha value is -1.14. The van der Waals surface area contributed by atoms with E-state index >= 15 is 0 Å². The Morgan fingerprint density at radius 3 is 2.88 bits per heavy atom. The highest BCUT2D eigenvalue weighted by atomic mass is 35.5. The van der Waals surface area contributed by atoms with Gasteiger partial charge in [0.15, 0.2) is 0 Å². The number of hydrogen-bond donors (Lipinski definition) is 2. The van der Waals surface area contributed by atoms with Crippen molar-refractivity contribution >= 4 is 17.5 Å². The number of carbonyl (C=O) groups excluding carboxylic acids is 1. The molecule has 0 aliphatic carbocycles. The van der Waals surface area contributed by atoms with Gasteiger partial charge >= 0.3 is 0 Å². The fraction of sp³-hybridized carbons (Fsp3) is 0.611. The number of amides is 1. The molecule has 1 amide bonds. The van der Waals surface area contributed by atoms with Crippen LogP contribution in [0, 0.1) is 0 Å². The van der Waals surface area contributed by atoms with Gasteiger partial charge in [-0.25, -0.2) is 0 Å². The molecule has 3 rings (SSSR count). The number of hydrogen-bond acceptors (Lipinski definition) is 4. The maximum absolute atomic E-state index is 12.3. The summed E-state index contributed by atoms with van der Waals surface area (Å²) in [7, 11) is 0. The second-order valence-electron chi connectivity index (χ2n) is 6.49. The summed E-state index contributed by atoms with van der Waals surface area (Å²) in [6, 6.07) is 8.31. The van der Waals surface area contributed by atoms with Crippen molar-refractivity contribution in [1.29, 1.82) is 0 Å². The summed E-state index contributed by atoms with van der Waals surface area (Å²) in [6.45, 7) is 4.76. The highest BCUT2D eigenvalue weighted by Crippen LogP contribution is 2.27. The number of ether oxygens (including phenoxy) is 1. The Labute approximate surface area is 148 Å². The van der Waals surface area contributed by atoms with Gasteiger partial charge in [0.25, 0.3) is 0 Å². The van der Waals surface area contributed by atoms with Crippen molar-refractivity contribution < 1.29 is 9.53 Å². The molecule has 0 spiro atoms. The van der Waals surface area contributed by atoms with E-state index in [-0.39, 0.29) is 11.9 Å². The fourth-order valence-corrected chi connectivity index (χ4v) is 3.77. The fourth-order valence-electron chi connectivity index (χ4n) is 3.51. The second kappa shape index (κ2) is 8.81. The SMILES string of the molecule is O=C(CC1CCCN1)NCC(c1ccccc1Cl)N1CCOCC1. The zero-order valence-electron chi connectivity index (χ0n) is 14.0. The van der Waals surface area contributed by atoms with E-state index in [9.17, 15) is 4.79 Å². The first-order valence-electron chi connectivity index (χ1n) is 8.80. The van der Waals surface area contributed by atoms with E-state index < -0.39 is 0 Å². The molecular formula is C18H26ClN3O2. The van der Waals surface area contributed by atoms with Gasteiger partial charge in [-0.15, -0.1) is 0 Å². The minimum absolute atomic E-state index is 0.0862. The number of nitrogens with one attached hydrogen (secondary N) is 2. The minimum Gasteiger partial charge on any atom is -0.379 e. The average molecular weight is 352 g/mol. The molecule has 132 valence electrons. The molecule has 2 heterocycles. The molecule has 24 heavy (non-hydrogen) atoms. The lowest BCUT2D eigenvalue weighted by molar-refractivity contribution is -0.121. The zero-order valence-corrected chi connectivity index (χ0v) is 14.7. The van der Waals surface area contributed by atoms with Crippen molar-refractivity contribution in [3.63, 3.8) is 0 Å². The first kappa shape index (κ1) is 17.7. The topological polar surface area (TPSA) is 53.6 Å². The third-order valence-corrected chi connectivity index (χ3v) is 5.18. The standard InChI is InChI=1S/C18H26ClN3O2/c19-16-6-2-1-5-15(16)17(22-8-10-24-11-9-22)13-21-18(23)12-14-4-3-7-20-14/h1-2,5-6,14,17,20H,3-4,7-13H2,(H,21,23). The first-order chi connectivity index (χ1) is 11.7. The van der Waals surface area contributed by atoms with Gasteiger partial charge in [0.1, 0.15) is 0 Å². The largest absolute Gasteiger partial charge is 0.379 e. The highest BCUT2D eigenvalue weighted by Gasteiger charge is 2.25. The molecule has 6 heteroatoms. The molecule has 2 N–H and O–H groups in total. The van der Waals surface area contributed by atoms with E-state index in [1.807, 2.05) is 24.3 Å². The van der Waals surface area contributed by atoms with Crippen molar-refractivity contribution in [2.24, 2.45) is 0 Å². The number of benzene rings is 1. The third kappa shape index (κ3) is 4.70. The first-order valence-corrected chi connectivity index (χ1v) is 9.18. The molecule has 2 aliphatic heterocycles. The number of nitrogens with zero attached hydrogens (tertiary/aromatic N) is 1. The Morgan fingerprint density at radius 2 is 2.17 bits per heavy atom. The van der Waals surface area contributed by atoms with Gasteiger partial charge in [0.05, 0.1) is 19.3 Å². The maximum Gasteiger partial charge on any atom is 0.221 e. The van der Waals surface area contributed by atoms with Gasteiger partial charge in [-0.05, 0) is 31.0 Å². The lowest BCUT2D eigenvalue weighted by atomic mass is 10.0. The summed E-state index contributed by atoms with van der Waals surface area (Å²) in [4.78, 5) is 14.6. The molecule has 2 atom stereocenters. The number of carbonyl (C=O) groups is 1. The molecule has 0 aromatic heterocycles. The zero-order chi connectivity index (χ0) is 16.8. The van der Waals surface area contributed by atoms with Crippen LogP contribution in [0.1, 0.15) is 30.9 Å². The van der Waals surface area contributed by atoms with Crippen LogP contribution in [-0.2, 0) is 9.53 Å². The average Bonchev–Trinajstić information content (AvgIpc) is 3.10. The molecule has 0 saturated carbocycles. The lowest BCUT2D eigenvalue weighted by Crippen LogP contribution is -2.44. The third-order valence-electron chi connectivity index (χ3n) is 4.84. The monoisotopic (exact) mass is 351 g/mol. The van der Waals surface area contributed by atoms with Crippen LogP contribution in [0.4, 0.5) is 0 Å². The van der Waals surface area contributed by atoms with Gasteiger partial charge in [0, 0.05) is 37.1 Å². The molecule has 2 unspecified atom stereocenters. The second-order valence-corrected chi connectivity index (χ2v) is 6.89. The van der Waals surface area contributed by atoms with Gasteiger partial charge in [-0.3, -0.25) is 9.69 Å². The molecular weight excluding hydrogens is 326 g/mol. The van der Waals surface area contributed by atoms with E-state index in [0.717, 1.165) is 56.3 Å². The number of halogens is 1. The Bertz CT molecular complexity index is 543. The lowest BCUT2D eigenvalue weighted by Gasteiger charge is -2.35. The van der Waals surface area contributed by atoms with Crippen molar-refractivity contribution in [2.45, 2.75) is 31.3 Å². The predicted octanol–water partition coefficient (Wildman–Crippen LogP) is 1.97. The van der Waals surface area contributed by atoms with Gasteiger partial charge in [0.2, 0.25) is 5.91 Å². The van der Waals surface area contributed by atoms with E-state index in [1.54, 1.807) is 0 Å². The van der Waals surface area contributed by atoms with E-state index in [0.29, 0.717) is 19.0 Å². The molecule has 2 saturated heterocycles. The summed E-state index contributed by atoms with van der Waals surface area (Å²) in [5, 5.41) is 7.23. The molecule has 0 bridgehead atoms. The van der Waals surface area contributed by atoms with Gasteiger partial charge in [-0.1, -0.05) is 29.8 Å². The van der Waals surface area contributed by atoms with Crippen molar-refractivity contribution in [3.8, 4) is 0 Å². The van der Waals surface area contributed by atoms with Gasteiger partial charge in [-0.2, -0.15) is 0 Å². The predicted molar refractivity (Wildman–Crippen MR) is 95.2 cm³/mol. The quantitative estimate of drug-likeness (QED) is 0.822. The molecule has 0 radical (unpaired) electrons. The van der Waals surface area contributed by atoms with E-state index in [1.165, 1.54) is 0 Å². The Balaban J connectivity index is 1.63. The summed E-state index contributed by atoms with van der Waals surface area (Å²) in [5.74, 6) is 0.111. The smallest absolute Gasteiger partial charge is 0.221 e. The highest BCUT2D eigenvalue weighted by molar-refractivity contribution is 6.31. The number of rotatable bonds is 6. The van der Waals surface area contributed by atoms with Crippen LogP contribution in [0.2, 0.25) is 5.02 Å². The summed E-state index contributed by atoms with van der Waals surface area (Å²) >= 11 is 6.41. The maximum atomic E-state index is 12.3. The van der Waals surface area contributed by atoms with Crippen molar-refractivity contribution in [3.05, 3.63) is 34.9 Å². The van der Waals surface area contributed by atoms with Crippen molar-refractivity contribution in [1.82, 2.24) is 15.5 Å². The van der Waals surface area contributed by atoms with Crippen LogP contribution in [0.25, 0.3) is 0 Å². The molecule has 1 aromatic rings. The van der Waals surface area contributed by atoms with Crippen molar-refractivity contribution in [2.75, 3.05) is 39.4 Å². The van der Waals surface area contributed by atoms with Gasteiger partial charge < -0.3 is 15.4 Å². The van der Waals surface area contributed by atoms with Crippen LogP contribution >= 0.6 is 11.6 Å². The van der Waals surface area contributed by atoms with Crippen LogP contribution in [0.5, 0.6) is 0 Å². The van der Waals surface area contributed by atoms with E-state index in [2.05, 4.69) is 15.5 Å². The summed E-state index contributed by atoms with van der Waals surface area (Å²) in [5.41, 5.74) is 1.07. The molecule has 2 fully saturated rings. The molecule has 1 aromatic carbocycles. The normalized spacial score (nSPS) is 23.1. The summed E-state index contributed by atoms with van der Waals surface area (Å²) in [6.07, 6.45) is 2.80. The Kier molecular flexibility index (Phi) is 6.49. The van der Waals surface area contributed by atoms with Crippen LogP contribution in [0.15, 0.2) is 24.3 Å². The van der Waals surface area contributed by atoms with E-state index in [4.69, 9.17) is 16.3 Å². The molecule has 5 nitrogen and oxygen atoms in total. The van der Waals surface area contributed by atoms with Crippen LogP contribution in [0.3, 0.4) is 0 Å². The van der Waals surface area contributed by atoms with Crippen LogP contribution < -0.4 is 10.6 Å². The Morgan fingerprint density at radius 1 is 1.38 bits per heavy atom. The van der Waals surface area contributed by atoms with Crippen LogP contribution in [-0.4, -0.2) is 56.2 Å². The summed E-state index contributed by atoms with van der Waals surface area (Å²) < 4.78 is 5.46. The number of morpholine rings is 1. The minimum atomic E-state index is 0.0862. The molecule has 2 aliphatic rings.